The van der Waals surface area contributed by atoms with Crippen LogP contribution < -0.4 is 9.62 Å². The molecule has 0 saturated heterocycles. The van der Waals surface area contributed by atoms with E-state index >= 15 is 0 Å². The van der Waals surface area contributed by atoms with Crippen molar-refractivity contribution in [2.45, 2.75) is 20.8 Å². The lowest BCUT2D eigenvalue weighted by atomic mass is 10.1. The Morgan fingerprint density at radius 2 is 1.88 bits per heavy atom. The van der Waals surface area contributed by atoms with Crippen LogP contribution >= 0.6 is 0 Å². The highest BCUT2D eigenvalue weighted by Crippen LogP contribution is 2.22. The van der Waals surface area contributed by atoms with Crippen molar-refractivity contribution in [3.05, 3.63) is 23.8 Å². The molecule has 0 spiro atoms. The van der Waals surface area contributed by atoms with Crippen LogP contribution in [0.15, 0.2) is 18.2 Å². The third-order valence-electron chi connectivity index (χ3n) is 2.55. The first-order chi connectivity index (χ1) is 7.58. The van der Waals surface area contributed by atoms with E-state index in [1.165, 1.54) is 0 Å². The number of nitrogens with one attached hydrogen (secondary N) is 1. The standard InChI is InChI=1S/C11H18N2O2S/c1-4-13(5-2)10-6-7-11(9(3)8-10)12-16(14)15/h6-8,16H,4-5H2,1-3H3,(H,12,14,15). The number of rotatable bonds is 5. The minimum atomic E-state index is -2.59. The number of hydrogen-bond acceptors (Lipinski definition) is 3. The largest absolute Gasteiger partial charge is 0.372 e. The lowest BCUT2D eigenvalue weighted by molar-refractivity contribution is 0.619. The molecule has 1 aromatic rings. The second-order valence-electron chi connectivity index (χ2n) is 3.54. The molecule has 0 radical (unpaired) electrons. The van der Waals surface area contributed by atoms with Crippen molar-refractivity contribution in [1.82, 2.24) is 0 Å². The van der Waals surface area contributed by atoms with Gasteiger partial charge in [-0.25, -0.2) is 8.42 Å². The van der Waals surface area contributed by atoms with Crippen molar-refractivity contribution < 1.29 is 8.42 Å². The first kappa shape index (κ1) is 12.8. The van der Waals surface area contributed by atoms with Crippen LogP contribution in [0, 0.1) is 6.92 Å². The maximum absolute atomic E-state index is 10.6. The molecule has 0 aromatic heterocycles. The van der Waals surface area contributed by atoms with Crippen molar-refractivity contribution in [3.8, 4) is 0 Å². The van der Waals surface area contributed by atoms with E-state index in [-0.39, 0.29) is 0 Å². The summed E-state index contributed by atoms with van der Waals surface area (Å²) >= 11 is 0. The van der Waals surface area contributed by atoms with Crippen molar-refractivity contribution >= 4 is 22.3 Å². The van der Waals surface area contributed by atoms with Gasteiger partial charge in [0.2, 0.25) is 10.9 Å². The fourth-order valence-electron chi connectivity index (χ4n) is 1.66. The molecule has 0 bridgehead atoms. The number of aryl methyl sites for hydroxylation is 1. The molecule has 1 aromatic carbocycles. The third kappa shape index (κ3) is 3.13. The smallest absolute Gasteiger partial charge is 0.222 e. The lowest BCUT2D eigenvalue weighted by Gasteiger charge is -2.22. The fourth-order valence-corrected chi connectivity index (χ4v) is 2.10. The zero-order valence-corrected chi connectivity index (χ0v) is 10.8. The molecule has 0 fully saturated rings. The molecule has 0 aliphatic rings. The summed E-state index contributed by atoms with van der Waals surface area (Å²) in [6.07, 6.45) is 0. The summed E-state index contributed by atoms with van der Waals surface area (Å²) < 4.78 is 23.5. The van der Waals surface area contributed by atoms with Gasteiger partial charge in [0.1, 0.15) is 0 Å². The van der Waals surface area contributed by atoms with Gasteiger partial charge in [-0.2, -0.15) is 0 Å². The molecule has 1 rings (SSSR count). The van der Waals surface area contributed by atoms with Gasteiger partial charge in [0.25, 0.3) is 0 Å². The number of nitrogens with zero attached hydrogens (tertiary/aromatic N) is 1. The molecule has 0 unspecified atom stereocenters. The summed E-state index contributed by atoms with van der Waals surface area (Å²) in [6.45, 7) is 7.98. The minimum Gasteiger partial charge on any atom is -0.372 e. The Hall–Kier alpha value is -1.23. The second-order valence-corrected chi connectivity index (χ2v) is 4.28. The molecule has 90 valence electrons. The molecule has 0 saturated carbocycles. The third-order valence-corrected chi connectivity index (χ3v) is 2.97. The van der Waals surface area contributed by atoms with Crippen LogP contribution in [0.25, 0.3) is 0 Å². The maximum Gasteiger partial charge on any atom is 0.222 e. The van der Waals surface area contributed by atoms with Crippen molar-refractivity contribution in [2.24, 2.45) is 0 Å². The molecular formula is C11H18N2O2S. The highest BCUT2D eigenvalue weighted by Gasteiger charge is 2.04. The van der Waals surface area contributed by atoms with Gasteiger partial charge in [-0.15, -0.1) is 0 Å². The Labute approximate surface area is 98.4 Å². The average molecular weight is 242 g/mol. The van der Waals surface area contributed by atoms with Crippen LogP contribution in [0.3, 0.4) is 0 Å². The van der Waals surface area contributed by atoms with E-state index in [2.05, 4.69) is 23.5 Å². The van der Waals surface area contributed by atoms with Gasteiger partial charge >= 0.3 is 0 Å². The molecule has 0 amide bonds. The first-order valence-corrected chi connectivity index (χ1v) is 6.52. The minimum absolute atomic E-state index is 0.645. The van der Waals surface area contributed by atoms with Crippen molar-refractivity contribution in [3.63, 3.8) is 0 Å². The first-order valence-electron chi connectivity index (χ1n) is 5.35. The Bertz CT molecular complexity index is 418. The summed E-state index contributed by atoms with van der Waals surface area (Å²) in [5.74, 6) is 0. The molecular weight excluding hydrogens is 224 g/mol. The molecule has 0 aliphatic carbocycles. The predicted octanol–water partition coefficient (Wildman–Crippen LogP) is 1.78. The second kappa shape index (κ2) is 5.75. The van der Waals surface area contributed by atoms with Crippen LogP contribution in [-0.4, -0.2) is 21.5 Å². The monoisotopic (exact) mass is 242 g/mol. The number of thiol groups is 1. The van der Waals surface area contributed by atoms with E-state index in [1.807, 2.05) is 19.1 Å². The van der Waals surface area contributed by atoms with Crippen LogP contribution in [0.4, 0.5) is 11.4 Å². The summed E-state index contributed by atoms with van der Waals surface area (Å²) in [6, 6.07) is 5.73. The van der Waals surface area contributed by atoms with Gasteiger partial charge < -0.3 is 4.90 Å². The highest BCUT2D eigenvalue weighted by molar-refractivity contribution is 7.73. The van der Waals surface area contributed by atoms with E-state index in [4.69, 9.17) is 0 Å². The number of hydrogen-bond donors (Lipinski definition) is 2. The molecule has 0 aliphatic heterocycles. The Morgan fingerprint density at radius 3 is 2.31 bits per heavy atom. The number of benzene rings is 1. The zero-order chi connectivity index (χ0) is 12.1. The van der Waals surface area contributed by atoms with E-state index < -0.39 is 10.9 Å². The summed E-state index contributed by atoms with van der Waals surface area (Å²) in [4.78, 5) is 2.22. The van der Waals surface area contributed by atoms with Crippen LogP contribution in [-0.2, 0) is 10.9 Å². The van der Waals surface area contributed by atoms with Crippen LogP contribution in [0.1, 0.15) is 19.4 Å². The van der Waals surface area contributed by atoms with E-state index in [0.717, 1.165) is 24.3 Å². The van der Waals surface area contributed by atoms with Crippen LogP contribution in [0.5, 0.6) is 0 Å². The average Bonchev–Trinajstić information content (AvgIpc) is 2.23. The van der Waals surface area contributed by atoms with Gasteiger partial charge in [0.05, 0.1) is 5.69 Å². The van der Waals surface area contributed by atoms with Gasteiger partial charge in [0, 0.05) is 18.8 Å². The summed E-state index contributed by atoms with van der Waals surface area (Å²) in [7, 11) is -2.59. The molecule has 16 heavy (non-hydrogen) atoms. The normalized spacial score (nSPS) is 10.5. The van der Waals surface area contributed by atoms with E-state index in [1.54, 1.807) is 6.07 Å². The molecule has 0 atom stereocenters. The van der Waals surface area contributed by atoms with Gasteiger partial charge in [-0.3, -0.25) is 4.72 Å². The predicted molar refractivity (Wildman–Crippen MR) is 68.7 cm³/mol. The van der Waals surface area contributed by atoms with Gasteiger partial charge in [-0.05, 0) is 44.5 Å². The van der Waals surface area contributed by atoms with Gasteiger partial charge in [-0.1, -0.05) is 0 Å². The molecule has 5 heteroatoms. The van der Waals surface area contributed by atoms with Gasteiger partial charge in [0.15, 0.2) is 0 Å². The zero-order valence-electron chi connectivity index (χ0n) is 9.86. The molecule has 1 N–H and O–H groups in total. The lowest BCUT2D eigenvalue weighted by Crippen LogP contribution is -2.21. The van der Waals surface area contributed by atoms with E-state index in [0.29, 0.717) is 5.69 Å². The number of anilines is 2. The Kier molecular flexibility index (Phi) is 4.61. The van der Waals surface area contributed by atoms with Crippen LogP contribution in [0.2, 0.25) is 0 Å². The summed E-state index contributed by atoms with van der Waals surface area (Å²) in [5, 5.41) is 0. The molecule has 0 heterocycles. The van der Waals surface area contributed by atoms with Crippen molar-refractivity contribution in [2.75, 3.05) is 22.7 Å². The Balaban J connectivity index is 2.98. The quantitative estimate of drug-likeness (QED) is 0.774. The maximum atomic E-state index is 10.6. The molecule has 4 nitrogen and oxygen atoms in total. The summed E-state index contributed by atoms with van der Waals surface area (Å²) in [5.41, 5.74) is 2.70. The Morgan fingerprint density at radius 1 is 1.25 bits per heavy atom. The SMILES string of the molecule is CCN(CC)c1ccc(N[SH](=O)=O)c(C)c1. The topological polar surface area (TPSA) is 49.4 Å². The van der Waals surface area contributed by atoms with Crippen molar-refractivity contribution in [1.29, 1.82) is 0 Å². The van der Waals surface area contributed by atoms with E-state index in [9.17, 15) is 8.42 Å². The highest BCUT2D eigenvalue weighted by atomic mass is 32.2. The fraction of sp³-hybridized carbons (Fsp3) is 0.455.